The molecule has 2 saturated heterocycles. The smallest absolute Gasteiger partial charge is 0.328 e. The maximum Gasteiger partial charge on any atom is 0.328 e. The number of halogens is 1. The van der Waals surface area contributed by atoms with Gasteiger partial charge in [-0.05, 0) is 37.0 Å². The zero-order valence-corrected chi connectivity index (χ0v) is 18.5. The molecule has 0 spiro atoms. The number of aliphatic hydroxyl groups is 1. The Bertz CT molecular complexity index is 842. The number of carbonyl (C=O) groups is 1. The second kappa shape index (κ2) is 8.02. The van der Waals surface area contributed by atoms with Gasteiger partial charge in [0.15, 0.2) is 4.75 Å². The summed E-state index contributed by atoms with van der Waals surface area (Å²) in [5.41, 5.74) is 0.692. The molecule has 0 radical (unpaired) electrons. The molecule has 2 heterocycles. The topological polar surface area (TPSA) is 93.1 Å². The number of esters is 1. The molecule has 9 heteroatoms. The zero-order chi connectivity index (χ0) is 20.6. The van der Waals surface area contributed by atoms with Crippen molar-refractivity contribution in [2.75, 3.05) is 33.4 Å². The minimum Gasteiger partial charge on any atom is -0.468 e. The molecule has 1 N–H and O–H groups in total. The first kappa shape index (κ1) is 21.7. The molecule has 0 atom stereocenters. The SMILES string of the molecule is COC(=O)C1(S(=O)(=O)N2CCC(O)(c3ccc(Br)c(C)c3)CC2)CCOCC1. The number of rotatable bonds is 4. The fourth-order valence-electron chi connectivity index (χ4n) is 4.02. The Morgan fingerprint density at radius 3 is 2.36 bits per heavy atom. The van der Waals surface area contributed by atoms with Gasteiger partial charge in [0.05, 0.1) is 12.7 Å². The molecule has 2 aliphatic rings. The maximum absolute atomic E-state index is 13.4. The van der Waals surface area contributed by atoms with Crippen LogP contribution in [0.4, 0.5) is 0 Å². The molecular weight excluding hydrogens is 450 g/mol. The number of sulfonamides is 1. The number of hydrogen-bond donors (Lipinski definition) is 1. The van der Waals surface area contributed by atoms with E-state index in [1.807, 2.05) is 25.1 Å². The van der Waals surface area contributed by atoms with Crippen molar-refractivity contribution >= 4 is 31.9 Å². The molecule has 0 amide bonds. The highest BCUT2D eigenvalue weighted by molar-refractivity contribution is 9.10. The summed E-state index contributed by atoms with van der Waals surface area (Å²) in [5.74, 6) is -0.736. The zero-order valence-electron chi connectivity index (χ0n) is 16.1. The van der Waals surface area contributed by atoms with Gasteiger partial charge in [-0.1, -0.05) is 28.1 Å². The highest BCUT2D eigenvalue weighted by Gasteiger charge is 2.56. The summed E-state index contributed by atoms with van der Waals surface area (Å²) >= 11 is 3.45. The Hall–Kier alpha value is -1.00. The van der Waals surface area contributed by atoms with Crippen LogP contribution in [0, 0.1) is 6.92 Å². The van der Waals surface area contributed by atoms with Crippen molar-refractivity contribution in [3.05, 3.63) is 33.8 Å². The molecule has 7 nitrogen and oxygen atoms in total. The number of carbonyl (C=O) groups excluding carboxylic acids is 1. The molecule has 1 aromatic carbocycles. The second-order valence-corrected chi connectivity index (χ2v) is 10.6. The van der Waals surface area contributed by atoms with Crippen LogP contribution in [0.2, 0.25) is 0 Å². The lowest BCUT2D eigenvalue weighted by Crippen LogP contribution is -2.59. The molecule has 0 bridgehead atoms. The van der Waals surface area contributed by atoms with Crippen LogP contribution in [0.1, 0.15) is 36.8 Å². The molecular formula is C19H26BrNO6S. The van der Waals surface area contributed by atoms with Crippen molar-refractivity contribution in [2.45, 2.75) is 43.0 Å². The Kier molecular flexibility index (Phi) is 6.22. The van der Waals surface area contributed by atoms with Crippen molar-refractivity contribution in [1.82, 2.24) is 4.31 Å². The second-order valence-electron chi connectivity index (χ2n) is 7.50. The summed E-state index contributed by atoms with van der Waals surface area (Å²) in [6, 6.07) is 5.67. The lowest BCUT2D eigenvalue weighted by Gasteiger charge is -2.42. The predicted octanol–water partition coefficient (Wildman–Crippen LogP) is 2.09. The molecule has 0 saturated carbocycles. The fourth-order valence-corrected chi connectivity index (χ4v) is 6.40. The quantitative estimate of drug-likeness (QED) is 0.670. The number of ether oxygens (including phenoxy) is 2. The lowest BCUT2D eigenvalue weighted by molar-refractivity contribution is -0.146. The van der Waals surface area contributed by atoms with Gasteiger partial charge in [-0.15, -0.1) is 0 Å². The number of hydrogen-bond acceptors (Lipinski definition) is 6. The van der Waals surface area contributed by atoms with Crippen LogP contribution >= 0.6 is 15.9 Å². The standard InChI is InChI=1S/C19H26BrNO6S/c1-14-13-15(3-4-16(14)20)18(23)5-9-21(10-6-18)28(24,25)19(17(22)26-2)7-11-27-12-8-19/h3-4,13,23H,5-12H2,1-2H3. The van der Waals surface area contributed by atoms with Gasteiger partial charge in [0.2, 0.25) is 10.0 Å². The van der Waals surface area contributed by atoms with Gasteiger partial charge in [0, 0.05) is 43.6 Å². The van der Waals surface area contributed by atoms with Crippen LogP contribution in [-0.4, -0.2) is 62.0 Å². The Morgan fingerprint density at radius 1 is 1.21 bits per heavy atom. The van der Waals surface area contributed by atoms with E-state index in [0.29, 0.717) is 0 Å². The summed E-state index contributed by atoms with van der Waals surface area (Å²) in [6.45, 7) is 2.64. The first-order chi connectivity index (χ1) is 13.2. The number of methoxy groups -OCH3 is 1. The monoisotopic (exact) mass is 475 g/mol. The number of piperidine rings is 1. The normalized spacial score (nSPS) is 22.6. The van der Waals surface area contributed by atoms with Gasteiger partial charge >= 0.3 is 5.97 Å². The summed E-state index contributed by atoms with van der Waals surface area (Å²) in [7, 11) is -2.74. The van der Waals surface area contributed by atoms with E-state index in [1.165, 1.54) is 11.4 Å². The third kappa shape index (κ3) is 3.63. The van der Waals surface area contributed by atoms with Crippen LogP contribution in [0.25, 0.3) is 0 Å². The average Bonchev–Trinajstić information content (AvgIpc) is 2.70. The van der Waals surface area contributed by atoms with Crippen molar-refractivity contribution in [3.63, 3.8) is 0 Å². The largest absolute Gasteiger partial charge is 0.468 e. The molecule has 0 unspecified atom stereocenters. The van der Waals surface area contributed by atoms with Gasteiger partial charge in [-0.2, -0.15) is 0 Å². The highest BCUT2D eigenvalue weighted by atomic mass is 79.9. The molecule has 0 aromatic heterocycles. The minimum atomic E-state index is -3.95. The number of nitrogens with zero attached hydrogens (tertiary/aromatic N) is 1. The molecule has 2 fully saturated rings. The first-order valence-corrected chi connectivity index (χ1v) is 11.5. The van der Waals surface area contributed by atoms with Crippen LogP contribution in [0.15, 0.2) is 22.7 Å². The maximum atomic E-state index is 13.4. The third-order valence-electron chi connectivity index (χ3n) is 5.94. The molecule has 3 rings (SSSR count). The van der Waals surface area contributed by atoms with Gasteiger partial charge in [-0.3, -0.25) is 4.79 Å². The van der Waals surface area contributed by atoms with E-state index >= 15 is 0 Å². The first-order valence-electron chi connectivity index (χ1n) is 9.31. The fraction of sp³-hybridized carbons (Fsp3) is 0.632. The summed E-state index contributed by atoms with van der Waals surface area (Å²) < 4.78 is 37.6. The Balaban J connectivity index is 1.82. The van der Waals surface area contributed by atoms with E-state index < -0.39 is 26.3 Å². The van der Waals surface area contributed by atoms with Crippen LogP contribution in [0.3, 0.4) is 0 Å². The molecule has 1 aromatic rings. The van der Waals surface area contributed by atoms with Crippen molar-refractivity contribution < 1.29 is 27.8 Å². The molecule has 156 valence electrons. The molecule has 28 heavy (non-hydrogen) atoms. The van der Waals surface area contributed by atoms with Crippen LogP contribution in [0.5, 0.6) is 0 Å². The lowest BCUT2D eigenvalue weighted by atomic mass is 9.84. The Labute approximate surface area is 174 Å². The summed E-state index contributed by atoms with van der Waals surface area (Å²) in [5, 5.41) is 11.1. The van der Waals surface area contributed by atoms with E-state index in [9.17, 15) is 18.3 Å². The van der Waals surface area contributed by atoms with Gasteiger partial charge in [0.1, 0.15) is 0 Å². The summed E-state index contributed by atoms with van der Waals surface area (Å²) in [4.78, 5) is 12.5. The van der Waals surface area contributed by atoms with E-state index in [4.69, 9.17) is 9.47 Å². The molecule has 2 aliphatic heterocycles. The van der Waals surface area contributed by atoms with Crippen LogP contribution in [-0.2, 0) is 29.9 Å². The Morgan fingerprint density at radius 2 is 1.82 bits per heavy atom. The molecule has 0 aliphatic carbocycles. The van der Waals surface area contributed by atoms with E-state index in [2.05, 4.69) is 15.9 Å². The average molecular weight is 476 g/mol. The number of aryl methyl sites for hydroxylation is 1. The van der Waals surface area contributed by atoms with Crippen molar-refractivity contribution in [1.29, 1.82) is 0 Å². The van der Waals surface area contributed by atoms with Gasteiger partial charge in [0.25, 0.3) is 0 Å². The van der Waals surface area contributed by atoms with Crippen LogP contribution < -0.4 is 0 Å². The van der Waals surface area contributed by atoms with E-state index in [-0.39, 0.29) is 52.0 Å². The minimum absolute atomic E-state index is 0.0781. The third-order valence-corrected chi connectivity index (χ3v) is 9.43. The summed E-state index contributed by atoms with van der Waals surface area (Å²) in [6.07, 6.45) is 0.686. The van der Waals surface area contributed by atoms with Crippen molar-refractivity contribution in [3.8, 4) is 0 Å². The van der Waals surface area contributed by atoms with Crippen molar-refractivity contribution in [2.24, 2.45) is 0 Å². The number of benzene rings is 1. The highest BCUT2D eigenvalue weighted by Crippen LogP contribution is 2.39. The van der Waals surface area contributed by atoms with Gasteiger partial charge < -0.3 is 14.6 Å². The van der Waals surface area contributed by atoms with E-state index in [1.54, 1.807) is 0 Å². The van der Waals surface area contributed by atoms with Gasteiger partial charge in [-0.25, -0.2) is 12.7 Å². The predicted molar refractivity (Wildman–Crippen MR) is 107 cm³/mol. The van der Waals surface area contributed by atoms with E-state index in [0.717, 1.165) is 15.6 Å².